The summed E-state index contributed by atoms with van der Waals surface area (Å²) in [5, 5.41) is 10.6. The lowest BCUT2D eigenvalue weighted by Gasteiger charge is -2.21. The van der Waals surface area contributed by atoms with E-state index in [-0.39, 0.29) is 25.7 Å². The molecule has 0 saturated carbocycles. The topological polar surface area (TPSA) is 237 Å². The molecule has 594 valence electrons. The Bertz CT molecular complexity index is 2210. The largest absolute Gasteiger partial charge is 0.472 e. The molecule has 0 aliphatic heterocycles. The SMILES string of the molecule is CC/C=C\C/C=C\C/C=C\C/C=C\C/C=C\C/C=C\CCC(=O)OC[C@H](COP(=O)(O)OC[C@@H](O)COP(=O)(O)OC[C@@H](COC(=O)CCCCCCCCCCCCCCCCC)OC(=O)CCCCCCCCCCCCCCCCC)OC(=O)CCCCCCCCCCCCCCC. The first-order chi connectivity index (χ1) is 49.7. The summed E-state index contributed by atoms with van der Waals surface area (Å²) in [7, 11) is -9.96. The first-order valence-electron chi connectivity index (χ1n) is 41.2. The van der Waals surface area contributed by atoms with E-state index in [1.807, 2.05) is 12.2 Å². The van der Waals surface area contributed by atoms with E-state index >= 15 is 0 Å². The number of hydrogen-bond donors (Lipinski definition) is 3. The van der Waals surface area contributed by atoms with Crippen molar-refractivity contribution in [3.8, 4) is 0 Å². The molecule has 0 fully saturated rings. The fraction of sp³-hybridized carbons (Fsp3) is 0.807. The second-order valence-corrected chi connectivity index (χ2v) is 30.6. The van der Waals surface area contributed by atoms with Gasteiger partial charge in [-0.25, -0.2) is 9.13 Å². The smallest absolute Gasteiger partial charge is 0.462 e. The number of aliphatic hydroxyl groups excluding tert-OH is 1. The van der Waals surface area contributed by atoms with Gasteiger partial charge in [-0.2, -0.15) is 0 Å². The van der Waals surface area contributed by atoms with E-state index in [9.17, 15) is 43.2 Å². The summed E-state index contributed by atoms with van der Waals surface area (Å²) in [4.78, 5) is 73.0. The van der Waals surface area contributed by atoms with Gasteiger partial charge in [0.1, 0.15) is 19.3 Å². The molecule has 0 radical (unpaired) electrons. The number of hydrogen-bond acceptors (Lipinski definition) is 15. The third-order valence-electron chi connectivity index (χ3n) is 17.7. The maximum Gasteiger partial charge on any atom is 0.472 e. The van der Waals surface area contributed by atoms with Gasteiger partial charge in [0.15, 0.2) is 12.2 Å². The fourth-order valence-electron chi connectivity index (χ4n) is 11.5. The zero-order valence-corrected chi connectivity index (χ0v) is 66.8. The van der Waals surface area contributed by atoms with Gasteiger partial charge in [0.05, 0.1) is 26.4 Å². The van der Waals surface area contributed by atoms with Crippen LogP contribution in [0.2, 0.25) is 0 Å². The minimum Gasteiger partial charge on any atom is -0.462 e. The lowest BCUT2D eigenvalue weighted by Crippen LogP contribution is -2.30. The van der Waals surface area contributed by atoms with E-state index in [1.165, 1.54) is 186 Å². The van der Waals surface area contributed by atoms with Crippen LogP contribution in [-0.2, 0) is 65.4 Å². The molecule has 0 spiro atoms. The number of ether oxygens (including phenoxy) is 4. The van der Waals surface area contributed by atoms with Gasteiger partial charge in [-0.15, -0.1) is 0 Å². The van der Waals surface area contributed by atoms with Crippen LogP contribution in [-0.4, -0.2) is 96.7 Å². The molecule has 0 aromatic heterocycles. The number of carbonyl (C=O) groups excluding carboxylic acids is 4. The van der Waals surface area contributed by atoms with Crippen LogP contribution in [0.3, 0.4) is 0 Å². The average Bonchev–Trinajstić information content (AvgIpc) is 0.908. The molecule has 5 atom stereocenters. The summed E-state index contributed by atoms with van der Waals surface area (Å²) in [5.74, 6) is -2.23. The molecule has 17 nitrogen and oxygen atoms in total. The number of rotatable bonds is 78. The normalized spacial score (nSPS) is 14.2. The van der Waals surface area contributed by atoms with Crippen molar-refractivity contribution in [3.63, 3.8) is 0 Å². The van der Waals surface area contributed by atoms with E-state index in [2.05, 4.69) is 88.5 Å². The number of esters is 4. The van der Waals surface area contributed by atoms with Crippen molar-refractivity contribution in [3.05, 3.63) is 72.9 Å². The van der Waals surface area contributed by atoms with Crippen molar-refractivity contribution >= 4 is 39.5 Å². The van der Waals surface area contributed by atoms with Crippen LogP contribution in [0, 0.1) is 0 Å². The van der Waals surface area contributed by atoms with Gasteiger partial charge in [-0.1, -0.05) is 357 Å². The summed E-state index contributed by atoms with van der Waals surface area (Å²) in [6.07, 6.45) is 77.4. The summed E-state index contributed by atoms with van der Waals surface area (Å²) < 4.78 is 68.6. The molecular formula is C83H150O17P2. The van der Waals surface area contributed by atoms with Crippen LogP contribution in [0.5, 0.6) is 0 Å². The van der Waals surface area contributed by atoms with Gasteiger partial charge in [0.2, 0.25) is 0 Å². The highest BCUT2D eigenvalue weighted by Crippen LogP contribution is 2.45. The Morgan fingerprint density at radius 3 is 0.784 bits per heavy atom. The Kier molecular flexibility index (Phi) is 73.1. The number of allylic oxidation sites excluding steroid dienone is 12. The molecule has 2 unspecified atom stereocenters. The molecule has 0 aromatic carbocycles. The molecule has 0 aliphatic carbocycles. The van der Waals surface area contributed by atoms with Crippen molar-refractivity contribution in [2.45, 2.75) is 393 Å². The molecule has 0 bridgehead atoms. The molecular weight excluding hydrogens is 1330 g/mol. The van der Waals surface area contributed by atoms with Crippen molar-refractivity contribution in [1.82, 2.24) is 0 Å². The molecule has 0 heterocycles. The molecule has 102 heavy (non-hydrogen) atoms. The number of unbranched alkanes of at least 4 members (excludes halogenated alkanes) is 40. The highest BCUT2D eigenvalue weighted by molar-refractivity contribution is 7.47. The third-order valence-corrected chi connectivity index (χ3v) is 19.6. The predicted octanol–water partition coefficient (Wildman–Crippen LogP) is 24.0. The first-order valence-corrected chi connectivity index (χ1v) is 44.2. The van der Waals surface area contributed by atoms with Gasteiger partial charge >= 0.3 is 39.5 Å². The Labute approximate surface area is 622 Å². The zero-order valence-electron chi connectivity index (χ0n) is 65.0. The minimum absolute atomic E-state index is 0.0404. The molecule has 0 rings (SSSR count). The Balaban J connectivity index is 5.36. The summed E-state index contributed by atoms with van der Waals surface area (Å²) >= 11 is 0. The molecule has 0 aromatic rings. The fourth-order valence-corrected chi connectivity index (χ4v) is 13.1. The molecule has 0 amide bonds. The molecule has 0 aliphatic rings. The molecule has 0 saturated heterocycles. The Hall–Kier alpha value is -3.50. The second kappa shape index (κ2) is 75.7. The number of aliphatic hydroxyl groups is 1. The maximum atomic E-state index is 13.1. The monoisotopic (exact) mass is 1480 g/mol. The Morgan fingerprint density at radius 2 is 0.510 bits per heavy atom. The number of phosphoric ester groups is 2. The zero-order chi connectivity index (χ0) is 74.6. The summed E-state index contributed by atoms with van der Waals surface area (Å²) in [6, 6.07) is 0. The van der Waals surface area contributed by atoms with Crippen LogP contribution < -0.4 is 0 Å². The predicted molar refractivity (Wildman–Crippen MR) is 418 cm³/mol. The minimum atomic E-state index is -4.99. The number of carbonyl (C=O) groups is 4. The van der Waals surface area contributed by atoms with Crippen LogP contribution in [0.15, 0.2) is 72.9 Å². The summed E-state index contributed by atoms with van der Waals surface area (Å²) in [5.41, 5.74) is 0. The molecule has 3 N–H and O–H groups in total. The standard InChI is InChI=1S/C83H150O17P2/c1-5-9-13-17-21-25-29-33-36-37-38-39-42-45-48-52-56-60-64-68-81(86)94-73-78(99-82(87)69-65-61-57-53-49-43-32-28-24-20-16-12-8-4)75-97-101(89,90)95-71-77(84)72-96-102(91,92)98-76-79(100-83(88)70-66-62-58-54-50-46-41-35-31-27-23-19-15-11-7-3)74-93-80(85)67-63-59-55-51-47-44-40-34-30-26-22-18-14-10-6-2/h9,13,21,25,33,36,38-39,45,48,56,60,77-79,84H,5-8,10-12,14-20,22-24,26-32,34-35,37,40-44,46-47,49-55,57-59,61-76H2,1-4H3,(H,89,90)(H,91,92)/b13-9-,25-21-,36-33-,39-38-,48-45-,60-56-/t77-,78-,79-/m1/s1. The van der Waals surface area contributed by atoms with Crippen LogP contribution >= 0.6 is 15.6 Å². The van der Waals surface area contributed by atoms with Gasteiger partial charge in [0.25, 0.3) is 0 Å². The second-order valence-electron chi connectivity index (χ2n) is 27.7. The Morgan fingerprint density at radius 1 is 0.284 bits per heavy atom. The molecule has 19 heteroatoms. The van der Waals surface area contributed by atoms with Crippen molar-refractivity contribution in [2.24, 2.45) is 0 Å². The van der Waals surface area contributed by atoms with E-state index in [0.29, 0.717) is 32.1 Å². The van der Waals surface area contributed by atoms with E-state index in [4.69, 9.17) is 37.0 Å². The maximum absolute atomic E-state index is 13.1. The number of phosphoric acid groups is 2. The quantitative estimate of drug-likeness (QED) is 0.0169. The van der Waals surface area contributed by atoms with Gasteiger partial charge in [-0.3, -0.25) is 37.3 Å². The highest BCUT2D eigenvalue weighted by atomic mass is 31.2. The van der Waals surface area contributed by atoms with E-state index < -0.39 is 97.5 Å². The summed E-state index contributed by atoms with van der Waals surface area (Å²) in [6.45, 7) is 4.77. The van der Waals surface area contributed by atoms with Crippen molar-refractivity contribution in [2.75, 3.05) is 39.6 Å². The lowest BCUT2D eigenvalue weighted by atomic mass is 10.0. The van der Waals surface area contributed by atoms with Crippen LogP contribution in [0.4, 0.5) is 0 Å². The first kappa shape index (κ1) is 98.5. The van der Waals surface area contributed by atoms with Gasteiger partial charge < -0.3 is 33.8 Å². The van der Waals surface area contributed by atoms with E-state index in [1.54, 1.807) is 0 Å². The van der Waals surface area contributed by atoms with Crippen molar-refractivity contribution < 1.29 is 80.2 Å². The van der Waals surface area contributed by atoms with E-state index in [0.717, 1.165) is 103 Å². The highest BCUT2D eigenvalue weighted by Gasteiger charge is 2.30. The van der Waals surface area contributed by atoms with Gasteiger partial charge in [-0.05, 0) is 64.2 Å². The average molecular weight is 1480 g/mol. The lowest BCUT2D eigenvalue weighted by molar-refractivity contribution is -0.161. The van der Waals surface area contributed by atoms with Crippen molar-refractivity contribution in [1.29, 1.82) is 0 Å². The third kappa shape index (κ3) is 74.8. The van der Waals surface area contributed by atoms with Crippen LogP contribution in [0.25, 0.3) is 0 Å². The van der Waals surface area contributed by atoms with Gasteiger partial charge in [0, 0.05) is 25.7 Å². The van der Waals surface area contributed by atoms with Crippen LogP contribution in [0.1, 0.15) is 374 Å².